The van der Waals surface area contributed by atoms with Crippen LogP contribution in [-0.2, 0) is 31.1 Å². The third-order valence-corrected chi connectivity index (χ3v) is 7.62. The maximum Gasteiger partial charge on any atom is 0.247 e. The van der Waals surface area contributed by atoms with E-state index >= 15 is 0 Å². The fourth-order valence-electron chi connectivity index (χ4n) is 2.25. The Labute approximate surface area is 127 Å². The molecule has 21 heavy (non-hydrogen) atoms. The number of carbonyl (C=O) groups excluding carboxylic acids is 1. The monoisotopic (exact) mass is 352 g/mol. The standard InChI is InChI=1S/C11H16N2O5S3/c1-11(4-5-20(15,16)7-11)13-9(14)6-8-2-3-10(19-8)21(12,17)18/h2-3H,4-7H2,1H3,(H,13,14)(H2,12,17,18). The number of amides is 1. The fourth-order valence-corrected chi connectivity index (χ4v) is 6.12. The van der Waals surface area contributed by atoms with E-state index in [1.165, 1.54) is 12.1 Å². The van der Waals surface area contributed by atoms with Gasteiger partial charge in [0.25, 0.3) is 0 Å². The molecule has 0 radical (unpaired) electrons. The van der Waals surface area contributed by atoms with Gasteiger partial charge in [-0.2, -0.15) is 0 Å². The third-order valence-electron chi connectivity index (χ3n) is 3.20. The number of primary sulfonamides is 1. The molecule has 0 aromatic carbocycles. The molecule has 1 aromatic heterocycles. The molecule has 1 unspecified atom stereocenters. The average molecular weight is 352 g/mol. The van der Waals surface area contributed by atoms with Crippen molar-refractivity contribution in [2.75, 3.05) is 11.5 Å². The number of nitrogens with one attached hydrogen (secondary N) is 1. The molecule has 2 rings (SSSR count). The highest BCUT2D eigenvalue weighted by Gasteiger charge is 2.39. The van der Waals surface area contributed by atoms with E-state index in [1.54, 1.807) is 6.92 Å². The normalized spacial score (nSPS) is 24.9. The number of sulfone groups is 1. The molecule has 1 saturated heterocycles. The van der Waals surface area contributed by atoms with E-state index in [0.29, 0.717) is 11.3 Å². The number of nitrogens with two attached hydrogens (primary N) is 1. The van der Waals surface area contributed by atoms with Crippen molar-refractivity contribution >= 4 is 37.1 Å². The Morgan fingerprint density at radius 1 is 1.48 bits per heavy atom. The summed E-state index contributed by atoms with van der Waals surface area (Å²) in [5.41, 5.74) is -0.754. The van der Waals surface area contributed by atoms with Crippen molar-refractivity contribution in [3.05, 3.63) is 17.0 Å². The molecule has 0 spiro atoms. The molecule has 1 aromatic rings. The van der Waals surface area contributed by atoms with Gasteiger partial charge in [0, 0.05) is 4.88 Å². The van der Waals surface area contributed by atoms with Crippen LogP contribution in [0.3, 0.4) is 0 Å². The third kappa shape index (κ3) is 4.25. The second kappa shape index (κ2) is 5.34. The molecule has 1 atom stereocenters. The maximum atomic E-state index is 12.0. The van der Waals surface area contributed by atoms with E-state index in [1.807, 2.05) is 0 Å². The molecule has 3 N–H and O–H groups in total. The molecule has 1 aliphatic rings. The second-order valence-corrected chi connectivity index (χ2v) is 10.5. The van der Waals surface area contributed by atoms with Crippen LogP contribution in [0.1, 0.15) is 18.2 Å². The summed E-state index contributed by atoms with van der Waals surface area (Å²) >= 11 is 0.933. The van der Waals surface area contributed by atoms with Crippen molar-refractivity contribution in [1.82, 2.24) is 5.32 Å². The summed E-state index contributed by atoms with van der Waals surface area (Å²) in [5, 5.41) is 7.71. The second-order valence-electron chi connectivity index (χ2n) is 5.39. The van der Waals surface area contributed by atoms with Gasteiger partial charge in [-0.15, -0.1) is 11.3 Å². The zero-order valence-electron chi connectivity index (χ0n) is 11.3. The van der Waals surface area contributed by atoms with Crippen molar-refractivity contribution in [3.63, 3.8) is 0 Å². The van der Waals surface area contributed by atoms with Crippen molar-refractivity contribution in [3.8, 4) is 0 Å². The van der Waals surface area contributed by atoms with Crippen LogP contribution < -0.4 is 10.5 Å². The lowest BCUT2D eigenvalue weighted by Crippen LogP contribution is -2.47. The van der Waals surface area contributed by atoms with E-state index in [4.69, 9.17) is 5.14 Å². The van der Waals surface area contributed by atoms with Crippen molar-refractivity contribution in [1.29, 1.82) is 0 Å². The Balaban J connectivity index is 2.01. The summed E-state index contributed by atoms with van der Waals surface area (Å²) in [4.78, 5) is 12.5. The van der Waals surface area contributed by atoms with Gasteiger partial charge in [-0.25, -0.2) is 22.0 Å². The van der Waals surface area contributed by atoms with E-state index in [0.717, 1.165) is 11.3 Å². The van der Waals surface area contributed by atoms with Crippen molar-refractivity contribution in [2.45, 2.75) is 29.5 Å². The number of sulfonamides is 1. The zero-order chi connectivity index (χ0) is 15.9. The van der Waals surface area contributed by atoms with Crippen LogP contribution in [0, 0.1) is 0 Å². The number of hydrogen-bond donors (Lipinski definition) is 2. The summed E-state index contributed by atoms with van der Waals surface area (Å²) in [5.74, 6) is -0.339. The van der Waals surface area contributed by atoms with Crippen LogP contribution in [0.25, 0.3) is 0 Å². The Morgan fingerprint density at radius 3 is 2.62 bits per heavy atom. The highest BCUT2D eigenvalue weighted by molar-refractivity contribution is 7.91. The smallest absolute Gasteiger partial charge is 0.247 e. The lowest BCUT2D eigenvalue weighted by molar-refractivity contribution is -0.121. The highest BCUT2D eigenvalue weighted by Crippen LogP contribution is 2.24. The van der Waals surface area contributed by atoms with Crippen molar-refractivity contribution in [2.24, 2.45) is 5.14 Å². The number of thiophene rings is 1. The van der Waals surface area contributed by atoms with Gasteiger partial charge < -0.3 is 5.32 Å². The number of carbonyl (C=O) groups is 1. The molecular weight excluding hydrogens is 336 g/mol. The molecule has 7 nitrogen and oxygen atoms in total. The molecule has 2 heterocycles. The van der Waals surface area contributed by atoms with Crippen LogP contribution in [-0.4, -0.2) is 39.8 Å². The van der Waals surface area contributed by atoms with Gasteiger partial charge in [-0.1, -0.05) is 0 Å². The molecule has 118 valence electrons. The highest BCUT2D eigenvalue weighted by atomic mass is 32.2. The Bertz CT molecular complexity index is 766. The van der Waals surface area contributed by atoms with E-state index < -0.39 is 25.4 Å². The maximum absolute atomic E-state index is 12.0. The van der Waals surface area contributed by atoms with E-state index in [9.17, 15) is 21.6 Å². The number of rotatable bonds is 4. The van der Waals surface area contributed by atoms with Gasteiger partial charge in [-0.05, 0) is 25.5 Å². The molecule has 10 heteroatoms. The first kappa shape index (κ1) is 16.4. The average Bonchev–Trinajstić information content (AvgIpc) is 2.82. The van der Waals surface area contributed by atoms with Gasteiger partial charge >= 0.3 is 0 Å². The zero-order valence-corrected chi connectivity index (χ0v) is 13.8. The Morgan fingerprint density at radius 2 is 2.14 bits per heavy atom. The molecule has 1 aliphatic heterocycles. The lowest BCUT2D eigenvalue weighted by atomic mass is 10.0. The summed E-state index contributed by atoms with van der Waals surface area (Å²) in [7, 11) is -6.86. The lowest BCUT2D eigenvalue weighted by Gasteiger charge is -2.23. The minimum atomic E-state index is -3.76. The Hall–Kier alpha value is -0.970. The molecule has 0 aliphatic carbocycles. The minimum absolute atomic E-state index is 0.0000408. The summed E-state index contributed by atoms with van der Waals surface area (Å²) in [6.07, 6.45) is 0.379. The van der Waals surface area contributed by atoms with E-state index in [-0.39, 0.29) is 28.0 Å². The van der Waals surface area contributed by atoms with Gasteiger partial charge in [0.1, 0.15) is 4.21 Å². The first-order chi connectivity index (χ1) is 9.49. The predicted octanol–water partition coefficient (Wildman–Crippen LogP) is -0.369. The quantitative estimate of drug-likeness (QED) is 0.765. The molecule has 0 bridgehead atoms. The Kier molecular flexibility index (Phi) is 4.17. The summed E-state index contributed by atoms with van der Waals surface area (Å²) < 4.78 is 45.2. The van der Waals surface area contributed by atoms with Gasteiger partial charge in [0.2, 0.25) is 15.9 Å². The van der Waals surface area contributed by atoms with Crippen molar-refractivity contribution < 1.29 is 21.6 Å². The molecule has 1 amide bonds. The first-order valence-electron chi connectivity index (χ1n) is 6.12. The minimum Gasteiger partial charge on any atom is -0.350 e. The largest absolute Gasteiger partial charge is 0.350 e. The predicted molar refractivity (Wildman–Crippen MR) is 79.2 cm³/mol. The first-order valence-corrected chi connectivity index (χ1v) is 10.3. The summed E-state index contributed by atoms with van der Waals surface area (Å²) in [6, 6.07) is 2.88. The molecular formula is C11H16N2O5S3. The van der Waals surface area contributed by atoms with Crippen LogP contribution >= 0.6 is 11.3 Å². The van der Waals surface area contributed by atoms with E-state index in [2.05, 4.69) is 5.32 Å². The van der Waals surface area contributed by atoms with Crippen LogP contribution in [0.5, 0.6) is 0 Å². The fraction of sp³-hybridized carbons (Fsp3) is 0.545. The van der Waals surface area contributed by atoms with Crippen LogP contribution in [0.15, 0.2) is 16.3 Å². The molecule has 0 saturated carbocycles. The van der Waals surface area contributed by atoms with Gasteiger partial charge in [0.05, 0.1) is 23.5 Å². The van der Waals surface area contributed by atoms with Gasteiger partial charge in [-0.3, -0.25) is 4.79 Å². The van der Waals surface area contributed by atoms with Crippen LogP contribution in [0.2, 0.25) is 0 Å². The topological polar surface area (TPSA) is 123 Å². The molecule has 1 fully saturated rings. The van der Waals surface area contributed by atoms with Gasteiger partial charge in [0.15, 0.2) is 9.84 Å². The van der Waals surface area contributed by atoms with Crippen LogP contribution in [0.4, 0.5) is 0 Å². The number of hydrogen-bond acceptors (Lipinski definition) is 6. The SMILES string of the molecule is CC1(NC(=O)Cc2ccc(S(N)(=O)=O)s2)CCS(=O)(=O)C1. The summed E-state index contributed by atoms with van der Waals surface area (Å²) in [6.45, 7) is 1.69.